The summed E-state index contributed by atoms with van der Waals surface area (Å²) in [6, 6.07) is 11.9. The van der Waals surface area contributed by atoms with Crippen LogP contribution >= 0.6 is 12.2 Å². The van der Waals surface area contributed by atoms with E-state index in [-0.39, 0.29) is 5.75 Å². The largest absolute Gasteiger partial charge is 0.507 e. The molecule has 5 rings (SSSR count). The number of fused-ring (bicyclic) bond motifs is 1. The van der Waals surface area contributed by atoms with E-state index in [0.717, 1.165) is 54.9 Å². The molecule has 31 heavy (non-hydrogen) atoms. The number of aromatic hydroxyl groups is 1. The maximum absolute atomic E-state index is 10.7. The average molecular weight is 436 g/mol. The number of piperazine rings is 1. The lowest BCUT2D eigenvalue weighted by Gasteiger charge is -2.34. The number of hydrogen-bond acceptors (Lipinski definition) is 6. The predicted octanol–water partition coefficient (Wildman–Crippen LogP) is 3.49. The second kappa shape index (κ2) is 7.82. The summed E-state index contributed by atoms with van der Waals surface area (Å²) in [6.45, 7) is 6.23. The summed E-state index contributed by atoms with van der Waals surface area (Å²) in [5, 5.41) is 26.3. The first-order chi connectivity index (χ1) is 15.0. The monoisotopic (exact) mass is 435 g/mol. The summed E-state index contributed by atoms with van der Waals surface area (Å²) < 4.78 is 2.33. The molecule has 0 unspecified atom stereocenters. The highest BCUT2D eigenvalue weighted by Crippen LogP contribution is 2.34. The Morgan fingerprint density at radius 2 is 1.71 bits per heavy atom. The minimum atomic E-state index is 0.117. The quantitative estimate of drug-likeness (QED) is 0.425. The summed E-state index contributed by atoms with van der Waals surface area (Å²) in [4.78, 5) is 4.74. The Hall–Kier alpha value is -3.17. The van der Waals surface area contributed by atoms with Gasteiger partial charge in [0.2, 0.25) is 0 Å². The average Bonchev–Trinajstić information content (AvgIpc) is 3.36. The summed E-state index contributed by atoms with van der Waals surface area (Å²) in [5.74, 6) is 0.686. The highest BCUT2D eigenvalue weighted by molar-refractivity contribution is 7.71. The highest BCUT2D eigenvalue weighted by atomic mass is 32.1. The number of anilines is 1. The van der Waals surface area contributed by atoms with Crippen molar-refractivity contribution < 1.29 is 5.11 Å². The molecule has 3 N–H and O–H groups in total. The first kappa shape index (κ1) is 19.8. The van der Waals surface area contributed by atoms with Gasteiger partial charge in [-0.2, -0.15) is 10.2 Å². The lowest BCUT2D eigenvalue weighted by Crippen LogP contribution is -2.44. The van der Waals surface area contributed by atoms with Gasteiger partial charge in [-0.25, -0.2) is 0 Å². The van der Waals surface area contributed by atoms with Crippen molar-refractivity contribution in [3.05, 3.63) is 46.9 Å². The van der Waals surface area contributed by atoms with Crippen molar-refractivity contribution in [2.45, 2.75) is 13.3 Å². The fraction of sp³-hybridized carbons (Fsp3) is 0.318. The van der Waals surface area contributed by atoms with Gasteiger partial charge in [0.25, 0.3) is 0 Å². The zero-order valence-corrected chi connectivity index (χ0v) is 18.4. The molecule has 0 radical (unpaired) electrons. The number of H-pyrrole nitrogens is 2. The lowest BCUT2D eigenvalue weighted by molar-refractivity contribution is 0.313. The molecule has 9 heteroatoms. The molecule has 1 fully saturated rings. The van der Waals surface area contributed by atoms with Crippen LogP contribution in [-0.2, 0) is 6.42 Å². The molecule has 0 spiro atoms. The molecule has 1 aliphatic heterocycles. The lowest BCUT2D eigenvalue weighted by atomic mass is 10.1. The van der Waals surface area contributed by atoms with Gasteiger partial charge in [0.05, 0.1) is 16.8 Å². The van der Waals surface area contributed by atoms with Gasteiger partial charge < -0.3 is 14.9 Å². The molecule has 4 aromatic rings. The fourth-order valence-corrected chi connectivity index (χ4v) is 4.38. The standard InChI is InChI=1S/C22H25N7OS/c1-3-18-16-12-17(20(30)13-19(16)24-23-18)21-25-26-22(31)29(21)15-6-4-14(5-7-15)28-10-8-27(2)9-11-28/h4-7,12-13,30H,3,8-11H2,1-2H3,(H,23,24)(H,26,31). The minimum Gasteiger partial charge on any atom is -0.507 e. The Bertz CT molecular complexity index is 1280. The summed E-state index contributed by atoms with van der Waals surface area (Å²) in [7, 11) is 2.16. The summed E-state index contributed by atoms with van der Waals surface area (Å²) in [5.41, 5.74) is 4.46. The maximum Gasteiger partial charge on any atom is 0.200 e. The summed E-state index contributed by atoms with van der Waals surface area (Å²) in [6.07, 6.45) is 0.821. The number of aryl methyl sites for hydroxylation is 1. The molecule has 0 bridgehead atoms. The Morgan fingerprint density at radius 1 is 1.00 bits per heavy atom. The fourth-order valence-electron chi connectivity index (χ4n) is 4.14. The summed E-state index contributed by atoms with van der Waals surface area (Å²) >= 11 is 5.53. The molecule has 0 atom stereocenters. The molecule has 2 aromatic carbocycles. The van der Waals surface area contributed by atoms with Crippen LogP contribution in [-0.4, -0.2) is 68.2 Å². The SMILES string of the molecule is CCc1[nH]nc2cc(O)c(-c3n[nH]c(=S)n3-c3ccc(N4CCN(C)CC4)cc3)cc12. The zero-order chi connectivity index (χ0) is 21.5. The molecule has 0 aliphatic carbocycles. The zero-order valence-electron chi connectivity index (χ0n) is 17.6. The number of likely N-dealkylation sites (N-methyl/N-ethyl adjacent to an activating group) is 1. The van der Waals surface area contributed by atoms with Gasteiger partial charge in [0, 0.05) is 49.0 Å². The minimum absolute atomic E-state index is 0.117. The highest BCUT2D eigenvalue weighted by Gasteiger charge is 2.18. The number of benzene rings is 2. The van der Waals surface area contributed by atoms with Gasteiger partial charge in [-0.3, -0.25) is 14.8 Å². The van der Waals surface area contributed by atoms with Gasteiger partial charge in [-0.1, -0.05) is 6.92 Å². The molecule has 160 valence electrons. The van der Waals surface area contributed by atoms with Crippen LogP contribution in [0.2, 0.25) is 0 Å². The van der Waals surface area contributed by atoms with Crippen LogP contribution in [0.15, 0.2) is 36.4 Å². The van der Waals surface area contributed by atoms with Crippen LogP contribution in [0, 0.1) is 4.77 Å². The molecular formula is C22H25N7OS. The van der Waals surface area contributed by atoms with Gasteiger partial charge in [0.15, 0.2) is 10.6 Å². The topological polar surface area (TPSA) is 89.0 Å². The Kier molecular flexibility index (Phi) is 4.99. The van der Waals surface area contributed by atoms with Crippen LogP contribution in [0.25, 0.3) is 28.0 Å². The van der Waals surface area contributed by atoms with Crippen LogP contribution in [0.4, 0.5) is 5.69 Å². The van der Waals surface area contributed by atoms with E-state index in [2.05, 4.69) is 56.3 Å². The van der Waals surface area contributed by atoms with Crippen LogP contribution < -0.4 is 4.90 Å². The van der Waals surface area contributed by atoms with Crippen LogP contribution in [0.1, 0.15) is 12.6 Å². The molecule has 0 amide bonds. The van der Waals surface area contributed by atoms with Crippen molar-refractivity contribution in [1.29, 1.82) is 0 Å². The van der Waals surface area contributed by atoms with Crippen molar-refractivity contribution in [3.8, 4) is 22.8 Å². The molecule has 0 saturated carbocycles. The van der Waals surface area contributed by atoms with Crippen LogP contribution in [0.5, 0.6) is 5.75 Å². The van der Waals surface area contributed by atoms with E-state index in [1.165, 1.54) is 5.69 Å². The van der Waals surface area contributed by atoms with Crippen molar-refractivity contribution in [1.82, 2.24) is 29.9 Å². The number of rotatable bonds is 4. The number of nitrogens with one attached hydrogen (secondary N) is 2. The van der Waals surface area contributed by atoms with Gasteiger partial charge in [0.1, 0.15) is 5.75 Å². The number of aromatic nitrogens is 5. The van der Waals surface area contributed by atoms with Crippen molar-refractivity contribution in [2.24, 2.45) is 0 Å². The van der Waals surface area contributed by atoms with Crippen molar-refractivity contribution in [2.75, 3.05) is 38.1 Å². The maximum atomic E-state index is 10.7. The number of phenols is 1. The Balaban J connectivity index is 1.54. The van der Waals surface area contributed by atoms with Gasteiger partial charge in [-0.05, 0) is 56.0 Å². The third-order valence-electron chi connectivity index (χ3n) is 5.99. The number of aromatic amines is 2. The molecular weight excluding hydrogens is 410 g/mol. The Morgan fingerprint density at radius 3 is 2.42 bits per heavy atom. The van der Waals surface area contributed by atoms with E-state index in [1.807, 2.05) is 22.8 Å². The second-order valence-electron chi connectivity index (χ2n) is 7.94. The third-order valence-corrected chi connectivity index (χ3v) is 6.27. The molecule has 8 nitrogen and oxygen atoms in total. The van der Waals surface area contributed by atoms with E-state index in [4.69, 9.17) is 12.2 Å². The van der Waals surface area contributed by atoms with Crippen LogP contribution in [0.3, 0.4) is 0 Å². The van der Waals surface area contributed by atoms with E-state index in [0.29, 0.717) is 16.2 Å². The number of hydrogen-bond donors (Lipinski definition) is 3. The molecule has 2 aromatic heterocycles. The number of nitrogens with zero attached hydrogens (tertiary/aromatic N) is 5. The number of phenolic OH excluding ortho intramolecular Hbond substituents is 1. The molecule has 1 saturated heterocycles. The van der Waals surface area contributed by atoms with Gasteiger partial charge in [-0.15, -0.1) is 0 Å². The molecule has 3 heterocycles. The van der Waals surface area contributed by atoms with Crippen molar-refractivity contribution in [3.63, 3.8) is 0 Å². The predicted molar refractivity (Wildman–Crippen MR) is 125 cm³/mol. The first-order valence-electron chi connectivity index (χ1n) is 10.5. The smallest absolute Gasteiger partial charge is 0.200 e. The van der Waals surface area contributed by atoms with E-state index in [1.54, 1.807) is 6.07 Å². The van der Waals surface area contributed by atoms with E-state index in [9.17, 15) is 5.11 Å². The van der Waals surface area contributed by atoms with E-state index >= 15 is 0 Å². The van der Waals surface area contributed by atoms with Gasteiger partial charge >= 0.3 is 0 Å². The first-order valence-corrected chi connectivity index (χ1v) is 10.9. The Labute approximate surface area is 185 Å². The second-order valence-corrected chi connectivity index (χ2v) is 8.32. The van der Waals surface area contributed by atoms with Crippen molar-refractivity contribution >= 4 is 28.8 Å². The third kappa shape index (κ3) is 3.49. The normalized spacial score (nSPS) is 15.1. The van der Waals surface area contributed by atoms with E-state index < -0.39 is 0 Å². The molecule has 1 aliphatic rings.